The van der Waals surface area contributed by atoms with E-state index in [9.17, 15) is 13.2 Å². The van der Waals surface area contributed by atoms with Crippen LogP contribution in [-0.2, 0) is 6.18 Å². The summed E-state index contributed by atoms with van der Waals surface area (Å²) in [6, 6.07) is 4.71. The minimum absolute atomic E-state index is 0.0807. The van der Waals surface area contributed by atoms with Gasteiger partial charge in [-0.3, -0.25) is 0 Å². The van der Waals surface area contributed by atoms with E-state index in [0.717, 1.165) is 12.1 Å². The fraction of sp³-hybridized carbons (Fsp3) is 0.462. The Morgan fingerprint density at radius 1 is 1.12 bits per heavy atom. The van der Waals surface area contributed by atoms with E-state index in [1.807, 2.05) is 13.8 Å². The highest BCUT2D eigenvalue weighted by Gasteiger charge is 2.30. The van der Waals surface area contributed by atoms with Crippen molar-refractivity contribution in [3.63, 3.8) is 0 Å². The lowest BCUT2D eigenvalue weighted by atomic mass is 9.92. The van der Waals surface area contributed by atoms with Crippen molar-refractivity contribution in [2.75, 3.05) is 6.61 Å². The Morgan fingerprint density at radius 3 is 2.06 bits per heavy atom. The van der Waals surface area contributed by atoms with Gasteiger partial charge in [-0.15, -0.1) is 0 Å². The van der Waals surface area contributed by atoms with Crippen molar-refractivity contribution in [2.24, 2.45) is 5.41 Å². The van der Waals surface area contributed by atoms with Crippen LogP contribution in [0, 0.1) is 12.3 Å². The minimum atomic E-state index is -4.30. The van der Waals surface area contributed by atoms with Gasteiger partial charge < -0.3 is 4.74 Å². The van der Waals surface area contributed by atoms with E-state index in [-0.39, 0.29) is 5.41 Å². The molecule has 1 aromatic rings. The Hall–Kier alpha value is -1.19. The molecule has 0 heterocycles. The molecular weight excluding hydrogens is 229 g/mol. The van der Waals surface area contributed by atoms with Gasteiger partial charge in [-0.25, -0.2) is 0 Å². The van der Waals surface area contributed by atoms with Crippen molar-refractivity contribution < 1.29 is 17.9 Å². The summed E-state index contributed by atoms with van der Waals surface area (Å²) in [5.74, 6) is 0.444. The van der Waals surface area contributed by atoms with Crippen LogP contribution >= 0.6 is 0 Å². The monoisotopic (exact) mass is 245 g/mol. The summed E-state index contributed by atoms with van der Waals surface area (Å²) in [5, 5.41) is 0. The Labute approximate surface area is 99.6 Å². The highest BCUT2D eigenvalue weighted by molar-refractivity contribution is 5.28. The molecule has 17 heavy (non-hydrogen) atoms. The van der Waals surface area contributed by atoms with E-state index in [0.29, 0.717) is 18.8 Å². The number of ether oxygens (including phenoxy) is 1. The smallest absolute Gasteiger partial charge is 0.416 e. The molecule has 0 aliphatic heterocycles. The highest BCUT2D eigenvalue weighted by atomic mass is 19.4. The molecule has 0 saturated carbocycles. The number of hydrogen-bond acceptors (Lipinski definition) is 1. The summed E-state index contributed by atoms with van der Waals surface area (Å²) < 4.78 is 42.3. The second kappa shape index (κ2) is 4.98. The second-order valence-corrected chi connectivity index (χ2v) is 4.73. The molecule has 0 amide bonds. The molecule has 0 unspecified atom stereocenters. The first-order valence-electron chi connectivity index (χ1n) is 5.34. The summed E-state index contributed by atoms with van der Waals surface area (Å²) in [6.07, 6.45) is -3.60. The van der Waals surface area contributed by atoms with E-state index in [2.05, 4.69) is 6.92 Å². The third-order valence-corrected chi connectivity index (χ3v) is 2.49. The quantitative estimate of drug-likeness (QED) is 0.767. The first-order valence-corrected chi connectivity index (χ1v) is 5.34. The van der Waals surface area contributed by atoms with Crippen molar-refractivity contribution in [2.45, 2.75) is 26.4 Å². The lowest BCUT2D eigenvalue weighted by molar-refractivity contribution is -0.137. The van der Waals surface area contributed by atoms with Gasteiger partial charge in [-0.05, 0) is 36.1 Å². The third kappa shape index (κ3) is 4.29. The Kier molecular flexibility index (Phi) is 4.07. The van der Waals surface area contributed by atoms with Crippen molar-refractivity contribution in [1.82, 2.24) is 0 Å². The first-order chi connectivity index (χ1) is 7.74. The molecule has 0 aliphatic carbocycles. The van der Waals surface area contributed by atoms with Crippen LogP contribution in [0.4, 0.5) is 13.2 Å². The lowest BCUT2D eigenvalue weighted by Gasteiger charge is -2.22. The van der Waals surface area contributed by atoms with E-state index in [1.165, 1.54) is 12.1 Å². The van der Waals surface area contributed by atoms with Gasteiger partial charge in [0, 0.05) is 0 Å². The maximum absolute atomic E-state index is 12.3. The van der Waals surface area contributed by atoms with Crippen molar-refractivity contribution >= 4 is 0 Å². The van der Waals surface area contributed by atoms with E-state index >= 15 is 0 Å². The molecule has 0 aromatic heterocycles. The molecule has 4 heteroatoms. The Bertz CT molecular complexity index is 352. The van der Waals surface area contributed by atoms with Crippen molar-refractivity contribution in [3.05, 3.63) is 36.8 Å². The molecule has 0 atom stereocenters. The Balaban J connectivity index is 2.64. The molecule has 0 saturated heterocycles. The van der Waals surface area contributed by atoms with Gasteiger partial charge in [0.15, 0.2) is 0 Å². The van der Waals surface area contributed by atoms with E-state index in [4.69, 9.17) is 4.74 Å². The third-order valence-electron chi connectivity index (χ3n) is 2.49. The largest absolute Gasteiger partial charge is 0.493 e. The van der Waals surface area contributed by atoms with Crippen LogP contribution in [0.2, 0.25) is 0 Å². The van der Waals surface area contributed by atoms with E-state index < -0.39 is 11.7 Å². The molecule has 1 radical (unpaired) electrons. The maximum Gasteiger partial charge on any atom is 0.416 e. The predicted molar refractivity (Wildman–Crippen MR) is 60.7 cm³/mol. The zero-order valence-corrected chi connectivity index (χ0v) is 9.97. The second-order valence-electron chi connectivity index (χ2n) is 4.73. The zero-order chi connectivity index (χ0) is 13.1. The molecule has 95 valence electrons. The number of rotatable bonds is 4. The molecule has 0 spiro atoms. The summed E-state index contributed by atoms with van der Waals surface area (Å²) in [7, 11) is 0. The molecular formula is C13H16F3O. The number of hydrogen-bond donors (Lipinski definition) is 0. The topological polar surface area (TPSA) is 9.23 Å². The van der Waals surface area contributed by atoms with Gasteiger partial charge in [0.2, 0.25) is 0 Å². The van der Waals surface area contributed by atoms with Crippen LogP contribution in [0.15, 0.2) is 24.3 Å². The van der Waals surface area contributed by atoms with Crippen LogP contribution in [-0.4, -0.2) is 6.61 Å². The molecule has 1 nitrogen and oxygen atoms in total. The number of halogens is 3. The fourth-order valence-corrected chi connectivity index (χ4v) is 1.09. The first kappa shape index (κ1) is 13.9. The SMILES string of the molecule is [CH2]CC(C)(C)COc1ccc(C(F)(F)F)cc1. The summed E-state index contributed by atoms with van der Waals surface area (Å²) in [4.78, 5) is 0. The summed E-state index contributed by atoms with van der Waals surface area (Å²) in [6.45, 7) is 8.20. The molecule has 0 aliphatic rings. The van der Waals surface area contributed by atoms with Crippen molar-refractivity contribution in [1.29, 1.82) is 0 Å². The number of alkyl halides is 3. The van der Waals surface area contributed by atoms with Crippen LogP contribution in [0.25, 0.3) is 0 Å². The average Bonchev–Trinajstić information content (AvgIpc) is 2.26. The standard InChI is InChI=1S/C13H16F3O/c1-4-12(2,3)9-17-11-7-5-10(6-8-11)13(14,15)16/h5-8H,1,4,9H2,2-3H3. The van der Waals surface area contributed by atoms with Crippen LogP contribution in [0.1, 0.15) is 25.8 Å². The van der Waals surface area contributed by atoms with Gasteiger partial charge in [0.25, 0.3) is 0 Å². The van der Waals surface area contributed by atoms with Gasteiger partial charge in [-0.1, -0.05) is 20.8 Å². The van der Waals surface area contributed by atoms with Crippen LogP contribution in [0.3, 0.4) is 0 Å². The molecule has 0 fully saturated rings. The molecule has 1 aromatic carbocycles. The zero-order valence-electron chi connectivity index (χ0n) is 9.97. The fourth-order valence-electron chi connectivity index (χ4n) is 1.09. The van der Waals surface area contributed by atoms with Crippen LogP contribution < -0.4 is 4.74 Å². The van der Waals surface area contributed by atoms with Gasteiger partial charge in [0.1, 0.15) is 5.75 Å². The average molecular weight is 245 g/mol. The summed E-state index contributed by atoms with van der Waals surface area (Å²) >= 11 is 0. The maximum atomic E-state index is 12.3. The normalized spacial score (nSPS) is 12.6. The highest BCUT2D eigenvalue weighted by Crippen LogP contribution is 2.30. The van der Waals surface area contributed by atoms with Gasteiger partial charge in [0.05, 0.1) is 12.2 Å². The summed E-state index contributed by atoms with van der Waals surface area (Å²) in [5.41, 5.74) is -0.746. The predicted octanol–water partition coefficient (Wildman–Crippen LogP) is 4.33. The van der Waals surface area contributed by atoms with Gasteiger partial charge in [-0.2, -0.15) is 13.2 Å². The van der Waals surface area contributed by atoms with E-state index in [1.54, 1.807) is 0 Å². The van der Waals surface area contributed by atoms with Gasteiger partial charge >= 0.3 is 6.18 Å². The molecule has 0 bridgehead atoms. The Morgan fingerprint density at radius 2 is 1.65 bits per heavy atom. The minimum Gasteiger partial charge on any atom is -0.493 e. The lowest BCUT2D eigenvalue weighted by Crippen LogP contribution is -2.20. The van der Waals surface area contributed by atoms with Crippen molar-refractivity contribution in [3.8, 4) is 5.75 Å². The molecule has 1 rings (SSSR count). The molecule has 0 N–H and O–H groups in total. The number of benzene rings is 1. The van der Waals surface area contributed by atoms with Crippen LogP contribution in [0.5, 0.6) is 5.75 Å².